The van der Waals surface area contributed by atoms with E-state index in [0.717, 1.165) is 0 Å². The highest BCUT2D eigenvalue weighted by Crippen LogP contribution is 2.36. The van der Waals surface area contributed by atoms with E-state index in [4.69, 9.17) is 11.6 Å². The monoisotopic (exact) mass is 262 g/mol. The molecule has 0 radical (unpaired) electrons. The first kappa shape index (κ1) is 12.2. The number of halogens is 4. The average molecular weight is 263 g/mol. The molecule has 2 rings (SSSR count). The maximum absolute atomic E-state index is 12.9. The molecule has 0 saturated heterocycles. The van der Waals surface area contributed by atoms with Crippen molar-refractivity contribution in [1.82, 2.24) is 9.38 Å². The molecule has 0 aliphatic rings. The van der Waals surface area contributed by atoms with E-state index >= 15 is 0 Å². The maximum Gasteiger partial charge on any atom is 0.435 e. The fourth-order valence-corrected chi connectivity index (χ4v) is 2.02. The number of nitrogens with zero attached hydrogens (tertiary/aromatic N) is 2. The smallest absolute Gasteiger partial charge is 0.302 e. The van der Waals surface area contributed by atoms with Crippen molar-refractivity contribution in [3.05, 3.63) is 34.7 Å². The summed E-state index contributed by atoms with van der Waals surface area (Å²) in [5, 5.41) is 0.213. The van der Waals surface area contributed by atoms with Gasteiger partial charge in [-0.3, -0.25) is 0 Å². The predicted molar refractivity (Wildman–Crippen MR) is 59.3 cm³/mol. The van der Waals surface area contributed by atoms with Gasteiger partial charge < -0.3 is 4.40 Å². The molecule has 0 fully saturated rings. The van der Waals surface area contributed by atoms with Gasteiger partial charge in [0.2, 0.25) is 0 Å². The van der Waals surface area contributed by atoms with Crippen molar-refractivity contribution in [3.8, 4) is 0 Å². The SMILES string of the molecule is CC(C)c1c(C(F)(F)F)nc2c(Cl)cccn12. The van der Waals surface area contributed by atoms with Gasteiger partial charge in [-0.05, 0) is 18.1 Å². The van der Waals surface area contributed by atoms with Crippen molar-refractivity contribution in [2.45, 2.75) is 25.9 Å². The molecule has 6 heteroatoms. The molecule has 2 heterocycles. The summed E-state index contributed by atoms with van der Waals surface area (Å²) in [6, 6.07) is 3.12. The van der Waals surface area contributed by atoms with Crippen LogP contribution in [-0.2, 0) is 6.18 Å². The second kappa shape index (κ2) is 3.91. The fraction of sp³-hybridized carbons (Fsp3) is 0.364. The lowest BCUT2D eigenvalue weighted by Gasteiger charge is -2.10. The summed E-state index contributed by atoms with van der Waals surface area (Å²) >= 11 is 5.85. The van der Waals surface area contributed by atoms with E-state index < -0.39 is 11.9 Å². The lowest BCUT2D eigenvalue weighted by atomic mass is 10.1. The van der Waals surface area contributed by atoms with Gasteiger partial charge in [0.15, 0.2) is 11.3 Å². The van der Waals surface area contributed by atoms with Crippen LogP contribution in [0.25, 0.3) is 5.65 Å². The third-order valence-corrected chi connectivity index (χ3v) is 2.75. The molecule has 2 nitrogen and oxygen atoms in total. The van der Waals surface area contributed by atoms with Crippen LogP contribution in [0.5, 0.6) is 0 Å². The van der Waals surface area contributed by atoms with Gasteiger partial charge in [-0.25, -0.2) is 4.98 Å². The van der Waals surface area contributed by atoms with Crippen molar-refractivity contribution in [1.29, 1.82) is 0 Å². The highest BCUT2D eigenvalue weighted by Gasteiger charge is 2.38. The van der Waals surface area contributed by atoms with Gasteiger partial charge in [-0.15, -0.1) is 0 Å². The van der Waals surface area contributed by atoms with Crippen LogP contribution in [0.4, 0.5) is 13.2 Å². The molecule has 0 unspecified atom stereocenters. The van der Waals surface area contributed by atoms with Gasteiger partial charge in [0.1, 0.15) is 0 Å². The molecule has 0 N–H and O–H groups in total. The van der Waals surface area contributed by atoms with Crippen molar-refractivity contribution >= 4 is 17.2 Å². The number of aromatic nitrogens is 2. The Bertz CT molecular complexity index is 558. The zero-order valence-corrected chi connectivity index (χ0v) is 9.97. The zero-order valence-electron chi connectivity index (χ0n) is 9.22. The second-order valence-corrected chi connectivity index (χ2v) is 4.46. The first-order valence-electron chi connectivity index (χ1n) is 5.06. The minimum Gasteiger partial charge on any atom is -0.302 e. The largest absolute Gasteiger partial charge is 0.435 e. The lowest BCUT2D eigenvalue weighted by Crippen LogP contribution is -2.10. The number of hydrogen-bond acceptors (Lipinski definition) is 1. The Morgan fingerprint density at radius 2 is 2.00 bits per heavy atom. The topological polar surface area (TPSA) is 17.3 Å². The van der Waals surface area contributed by atoms with Crippen LogP contribution in [0.2, 0.25) is 5.02 Å². The summed E-state index contributed by atoms with van der Waals surface area (Å²) in [7, 11) is 0. The van der Waals surface area contributed by atoms with E-state index in [9.17, 15) is 13.2 Å². The number of imidazole rings is 1. The second-order valence-electron chi connectivity index (χ2n) is 4.05. The first-order chi connectivity index (χ1) is 7.82. The molecule has 92 valence electrons. The Morgan fingerprint density at radius 1 is 1.35 bits per heavy atom. The standard InChI is InChI=1S/C11H10ClF3N2/c1-6(2)8-9(11(13,14)15)16-10-7(12)4-3-5-17(8)10/h3-6H,1-2H3. The molecule has 0 atom stereocenters. The predicted octanol–water partition coefficient (Wildman–Crippen LogP) is 4.13. The quantitative estimate of drug-likeness (QED) is 0.755. The fourth-order valence-electron chi connectivity index (χ4n) is 1.81. The van der Waals surface area contributed by atoms with Crippen LogP contribution in [0.15, 0.2) is 18.3 Å². The minimum absolute atomic E-state index is 0.134. The summed E-state index contributed by atoms with van der Waals surface area (Å²) in [4.78, 5) is 3.61. The molecular weight excluding hydrogens is 253 g/mol. The van der Waals surface area contributed by atoms with Gasteiger partial charge in [0.25, 0.3) is 0 Å². The highest BCUT2D eigenvalue weighted by atomic mass is 35.5. The van der Waals surface area contributed by atoms with Crippen LogP contribution in [0.1, 0.15) is 31.2 Å². The minimum atomic E-state index is -4.46. The van der Waals surface area contributed by atoms with Gasteiger partial charge in [0.05, 0.1) is 10.7 Å². The van der Waals surface area contributed by atoms with E-state index in [1.165, 1.54) is 10.5 Å². The van der Waals surface area contributed by atoms with Crippen LogP contribution in [-0.4, -0.2) is 9.38 Å². The van der Waals surface area contributed by atoms with Crippen LogP contribution < -0.4 is 0 Å². The first-order valence-corrected chi connectivity index (χ1v) is 5.44. The normalized spacial score (nSPS) is 12.6. The highest BCUT2D eigenvalue weighted by molar-refractivity contribution is 6.33. The molecule has 2 aromatic rings. The van der Waals surface area contributed by atoms with E-state index in [-0.39, 0.29) is 22.3 Å². The van der Waals surface area contributed by atoms with E-state index in [1.807, 2.05) is 0 Å². The van der Waals surface area contributed by atoms with Crippen molar-refractivity contribution in [2.75, 3.05) is 0 Å². The molecule has 0 bridgehead atoms. The van der Waals surface area contributed by atoms with Gasteiger partial charge in [-0.1, -0.05) is 25.4 Å². The molecule has 17 heavy (non-hydrogen) atoms. The Labute approximate surface area is 101 Å². The number of fused-ring (bicyclic) bond motifs is 1. The maximum atomic E-state index is 12.9. The Morgan fingerprint density at radius 3 is 2.53 bits per heavy atom. The molecule has 0 amide bonds. The lowest BCUT2D eigenvalue weighted by molar-refractivity contribution is -0.141. The van der Waals surface area contributed by atoms with Crippen molar-refractivity contribution in [2.24, 2.45) is 0 Å². The third kappa shape index (κ3) is 1.99. The summed E-state index contributed by atoms with van der Waals surface area (Å²) in [5.41, 5.74) is -0.583. The zero-order chi connectivity index (χ0) is 12.8. The molecule has 0 saturated carbocycles. The van der Waals surface area contributed by atoms with Crippen molar-refractivity contribution in [3.63, 3.8) is 0 Å². The van der Waals surface area contributed by atoms with E-state index in [0.29, 0.717) is 0 Å². The Balaban J connectivity index is 2.85. The molecular formula is C11H10ClF3N2. The van der Waals surface area contributed by atoms with Crippen molar-refractivity contribution < 1.29 is 13.2 Å². The third-order valence-electron chi connectivity index (χ3n) is 2.45. The van der Waals surface area contributed by atoms with E-state index in [1.54, 1.807) is 26.1 Å². The number of alkyl halides is 3. The van der Waals surface area contributed by atoms with Crippen LogP contribution in [0, 0.1) is 0 Å². The van der Waals surface area contributed by atoms with Gasteiger partial charge >= 0.3 is 6.18 Å². The molecule has 0 spiro atoms. The van der Waals surface area contributed by atoms with Gasteiger partial charge in [-0.2, -0.15) is 13.2 Å². The molecule has 2 aromatic heterocycles. The number of rotatable bonds is 1. The van der Waals surface area contributed by atoms with E-state index in [2.05, 4.69) is 4.98 Å². The summed E-state index contributed by atoms with van der Waals surface area (Å²) < 4.78 is 40.0. The number of hydrogen-bond donors (Lipinski definition) is 0. The molecule has 0 aliphatic carbocycles. The summed E-state index contributed by atoms with van der Waals surface area (Å²) in [6.45, 7) is 3.39. The van der Waals surface area contributed by atoms with Crippen LogP contribution in [0.3, 0.4) is 0 Å². The Hall–Kier alpha value is -1.23. The number of pyridine rings is 1. The molecule has 0 aromatic carbocycles. The van der Waals surface area contributed by atoms with Crippen LogP contribution >= 0.6 is 11.6 Å². The van der Waals surface area contributed by atoms with Gasteiger partial charge in [0, 0.05) is 6.20 Å². The summed E-state index contributed by atoms with van der Waals surface area (Å²) in [5.74, 6) is -0.292. The summed E-state index contributed by atoms with van der Waals surface area (Å²) in [6.07, 6.45) is -2.92. The Kier molecular flexibility index (Phi) is 2.81. The average Bonchev–Trinajstić information content (AvgIpc) is 2.57. The molecule has 0 aliphatic heterocycles.